The van der Waals surface area contributed by atoms with E-state index in [0.717, 1.165) is 31.5 Å². The van der Waals surface area contributed by atoms with E-state index < -0.39 is 0 Å². The molecule has 28 heavy (non-hydrogen) atoms. The van der Waals surface area contributed by atoms with Crippen LogP contribution in [-0.4, -0.2) is 42.1 Å². The van der Waals surface area contributed by atoms with Gasteiger partial charge in [0.2, 0.25) is 5.91 Å². The molecule has 0 aliphatic carbocycles. The molecule has 2 aromatic rings. The molecule has 6 heteroatoms. The molecular weight excluding hydrogens is 354 g/mol. The highest BCUT2D eigenvalue weighted by molar-refractivity contribution is 6.02. The van der Waals surface area contributed by atoms with E-state index in [1.807, 2.05) is 30.0 Å². The maximum atomic E-state index is 12.9. The number of nitrogens with zero attached hydrogens (tertiary/aromatic N) is 1. The molecular formula is C22H25N3O3. The predicted molar refractivity (Wildman–Crippen MR) is 110 cm³/mol. The van der Waals surface area contributed by atoms with E-state index >= 15 is 0 Å². The lowest BCUT2D eigenvalue weighted by molar-refractivity contribution is -0.114. The van der Waals surface area contributed by atoms with Gasteiger partial charge >= 0.3 is 0 Å². The number of hydrogen-bond donors (Lipinski definition) is 2. The summed E-state index contributed by atoms with van der Waals surface area (Å²) in [5.41, 5.74) is 3.27. The highest BCUT2D eigenvalue weighted by atomic mass is 16.2. The molecule has 0 bridgehead atoms. The second kappa shape index (κ2) is 8.69. The molecule has 2 N–H and O–H groups in total. The Hall–Kier alpha value is -3.15. The molecule has 0 atom stereocenters. The lowest BCUT2D eigenvalue weighted by Gasteiger charge is -2.20. The fourth-order valence-corrected chi connectivity index (χ4v) is 3.37. The van der Waals surface area contributed by atoms with Gasteiger partial charge in [-0.1, -0.05) is 24.3 Å². The number of aryl methyl sites for hydroxylation is 1. The Bertz CT molecular complexity index is 902. The predicted octanol–water partition coefficient (Wildman–Crippen LogP) is 3.48. The zero-order valence-corrected chi connectivity index (χ0v) is 16.2. The van der Waals surface area contributed by atoms with E-state index in [-0.39, 0.29) is 24.1 Å². The summed E-state index contributed by atoms with van der Waals surface area (Å²) in [5, 5.41) is 5.87. The van der Waals surface area contributed by atoms with Gasteiger partial charge in [-0.3, -0.25) is 14.4 Å². The van der Waals surface area contributed by atoms with E-state index in [9.17, 15) is 14.4 Å². The molecule has 0 aromatic heterocycles. The van der Waals surface area contributed by atoms with Crippen LogP contribution in [0.15, 0.2) is 42.5 Å². The average molecular weight is 379 g/mol. The van der Waals surface area contributed by atoms with Gasteiger partial charge in [0.15, 0.2) is 5.78 Å². The first-order valence-corrected chi connectivity index (χ1v) is 9.49. The van der Waals surface area contributed by atoms with Crippen LogP contribution in [0.2, 0.25) is 0 Å². The second-order valence-electron chi connectivity index (χ2n) is 7.04. The Balaban J connectivity index is 1.68. The molecule has 0 saturated carbocycles. The minimum absolute atomic E-state index is 0.00710. The molecule has 1 heterocycles. The van der Waals surface area contributed by atoms with E-state index in [1.54, 1.807) is 24.3 Å². The van der Waals surface area contributed by atoms with Gasteiger partial charge < -0.3 is 15.5 Å². The second-order valence-corrected chi connectivity index (χ2v) is 7.04. The van der Waals surface area contributed by atoms with E-state index in [1.165, 1.54) is 6.92 Å². The first-order chi connectivity index (χ1) is 13.5. The van der Waals surface area contributed by atoms with Gasteiger partial charge in [-0.2, -0.15) is 0 Å². The molecule has 1 aliphatic rings. The lowest BCUT2D eigenvalue weighted by Crippen LogP contribution is -2.30. The Labute approximate surface area is 164 Å². The smallest absolute Gasteiger partial charge is 0.256 e. The van der Waals surface area contributed by atoms with Crippen LogP contribution in [0, 0.1) is 6.92 Å². The number of likely N-dealkylation sites (tertiary alicyclic amines) is 1. The summed E-state index contributed by atoms with van der Waals surface area (Å²) < 4.78 is 0. The molecule has 2 aromatic carbocycles. The summed E-state index contributed by atoms with van der Waals surface area (Å²) in [6, 6.07) is 12.4. The number of carbonyl (C=O) groups excluding carboxylic acids is 3. The van der Waals surface area contributed by atoms with Gasteiger partial charge in [0, 0.05) is 30.0 Å². The molecule has 1 aliphatic heterocycles. The van der Waals surface area contributed by atoms with Crippen LogP contribution >= 0.6 is 0 Å². The fourth-order valence-electron chi connectivity index (χ4n) is 3.37. The standard InChI is InChI=1S/C22H25N3O3/c1-15-7-5-10-19(21(15)22(28)25-11-3-4-12-25)23-14-20(27)24-18-9-6-8-17(13-18)16(2)26/h5-10,13,23H,3-4,11-12,14H2,1-2H3,(H,24,27). The van der Waals surface area contributed by atoms with Crippen molar-refractivity contribution in [1.29, 1.82) is 0 Å². The number of Topliss-reactive ketones (excluding diaryl/α,β-unsaturated/α-hetero) is 1. The number of benzene rings is 2. The van der Waals surface area contributed by atoms with Crippen molar-refractivity contribution < 1.29 is 14.4 Å². The van der Waals surface area contributed by atoms with Gasteiger partial charge in [-0.25, -0.2) is 0 Å². The number of nitrogens with one attached hydrogen (secondary N) is 2. The summed E-state index contributed by atoms with van der Waals surface area (Å²) in [5.74, 6) is -0.298. The summed E-state index contributed by atoms with van der Waals surface area (Å²) >= 11 is 0. The van der Waals surface area contributed by atoms with E-state index in [4.69, 9.17) is 0 Å². The van der Waals surface area contributed by atoms with Gasteiger partial charge in [0.25, 0.3) is 5.91 Å². The number of anilines is 2. The first kappa shape index (κ1) is 19.6. The third-order valence-corrected chi connectivity index (χ3v) is 4.87. The van der Waals surface area contributed by atoms with Crippen molar-refractivity contribution in [2.24, 2.45) is 0 Å². The summed E-state index contributed by atoms with van der Waals surface area (Å²) in [7, 11) is 0. The molecule has 0 radical (unpaired) electrons. The maximum Gasteiger partial charge on any atom is 0.256 e. The van der Waals surface area contributed by atoms with E-state index in [0.29, 0.717) is 22.5 Å². The van der Waals surface area contributed by atoms with Crippen molar-refractivity contribution in [3.8, 4) is 0 Å². The molecule has 2 amide bonds. The molecule has 0 unspecified atom stereocenters. The summed E-state index contributed by atoms with van der Waals surface area (Å²) in [6.07, 6.45) is 2.06. The number of ketones is 1. The van der Waals surface area contributed by atoms with Crippen molar-refractivity contribution in [2.75, 3.05) is 30.3 Å². The van der Waals surface area contributed by atoms with Crippen molar-refractivity contribution in [2.45, 2.75) is 26.7 Å². The minimum atomic E-state index is -0.248. The number of rotatable bonds is 6. The van der Waals surface area contributed by atoms with Crippen LogP contribution in [0.25, 0.3) is 0 Å². The molecule has 1 saturated heterocycles. The zero-order valence-electron chi connectivity index (χ0n) is 16.2. The fraction of sp³-hybridized carbons (Fsp3) is 0.318. The van der Waals surface area contributed by atoms with Gasteiger partial charge in [0.1, 0.15) is 0 Å². The molecule has 3 rings (SSSR count). The van der Waals surface area contributed by atoms with Crippen LogP contribution in [-0.2, 0) is 4.79 Å². The highest BCUT2D eigenvalue weighted by Crippen LogP contribution is 2.23. The van der Waals surface area contributed by atoms with Crippen molar-refractivity contribution in [3.05, 3.63) is 59.2 Å². The van der Waals surface area contributed by atoms with Crippen molar-refractivity contribution in [1.82, 2.24) is 4.90 Å². The lowest BCUT2D eigenvalue weighted by atomic mass is 10.0. The van der Waals surface area contributed by atoms with Gasteiger partial charge in [0.05, 0.1) is 12.1 Å². The van der Waals surface area contributed by atoms with Crippen LogP contribution < -0.4 is 10.6 Å². The summed E-state index contributed by atoms with van der Waals surface area (Å²) in [4.78, 5) is 38.6. The van der Waals surface area contributed by atoms with Gasteiger partial charge in [-0.15, -0.1) is 0 Å². The number of hydrogen-bond acceptors (Lipinski definition) is 4. The zero-order chi connectivity index (χ0) is 20.1. The Morgan fingerprint density at radius 2 is 1.75 bits per heavy atom. The minimum Gasteiger partial charge on any atom is -0.375 e. The van der Waals surface area contributed by atoms with Gasteiger partial charge in [-0.05, 0) is 50.5 Å². The third kappa shape index (κ3) is 4.57. The Morgan fingerprint density at radius 1 is 1.04 bits per heavy atom. The Kier molecular flexibility index (Phi) is 6.09. The average Bonchev–Trinajstić information content (AvgIpc) is 3.21. The maximum absolute atomic E-state index is 12.9. The van der Waals surface area contributed by atoms with Crippen molar-refractivity contribution in [3.63, 3.8) is 0 Å². The third-order valence-electron chi connectivity index (χ3n) is 4.87. The topological polar surface area (TPSA) is 78.5 Å². The first-order valence-electron chi connectivity index (χ1n) is 9.49. The van der Waals surface area contributed by atoms with Crippen LogP contribution in [0.3, 0.4) is 0 Å². The number of amides is 2. The molecule has 146 valence electrons. The van der Waals surface area contributed by atoms with E-state index in [2.05, 4.69) is 10.6 Å². The monoisotopic (exact) mass is 379 g/mol. The van der Waals surface area contributed by atoms with Crippen molar-refractivity contribution >= 4 is 29.0 Å². The van der Waals surface area contributed by atoms with Crippen LogP contribution in [0.4, 0.5) is 11.4 Å². The van der Waals surface area contributed by atoms with Crippen LogP contribution in [0.1, 0.15) is 46.0 Å². The SMILES string of the molecule is CC(=O)c1cccc(NC(=O)CNc2cccc(C)c2C(=O)N2CCCC2)c1. The Morgan fingerprint density at radius 3 is 2.46 bits per heavy atom. The largest absolute Gasteiger partial charge is 0.375 e. The number of carbonyl (C=O) groups is 3. The highest BCUT2D eigenvalue weighted by Gasteiger charge is 2.23. The normalized spacial score (nSPS) is 13.3. The van der Waals surface area contributed by atoms with Crippen LogP contribution in [0.5, 0.6) is 0 Å². The molecule has 6 nitrogen and oxygen atoms in total. The quantitative estimate of drug-likeness (QED) is 0.753. The molecule has 1 fully saturated rings. The molecule has 0 spiro atoms. The summed E-state index contributed by atoms with van der Waals surface area (Å²) in [6.45, 7) is 4.97.